The molecule has 0 radical (unpaired) electrons. The van der Waals surface area contributed by atoms with E-state index in [1.165, 1.54) is 23.1 Å². The average Bonchev–Trinajstić information content (AvgIpc) is 3.37. The summed E-state index contributed by atoms with van der Waals surface area (Å²) in [4.78, 5) is 17.0. The fraction of sp³-hybridized carbons (Fsp3) is 0.368. The summed E-state index contributed by atoms with van der Waals surface area (Å²) < 4.78 is 0.817. The highest BCUT2D eigenvalue weighted by atomic mass is 32.2. The summed E-state index contributed by atoms with van der Waals surface area (Å²) in [5.41, 5.74) is 8.54. The Morgan fingerprint density at radius 1 is 1.41 bits per heavy atom. The summed E-state index contributed by atoms with van der Waals surface area (Å²) in [6, 6.07) is 4.37. The molecule has 6 nitrogen and oxygen atoms in total. The predicted molar refractivity (Wildman–Crippen MR) is 120 cm³/mol. The van der Waals surface area contributed by atoms with Gasteiger partial charge in [0.15, 0.2) is 10.1 Å². The molecule has 0 bridgehead atoms. The van der Waals surface area contributed by atoms with Crippen molar-refractivity contribution in [2.75, 3.05) is 16.9 Å². The number of carbonyl (C=O) groups is 1. The van der Waals surface area contributed by atoms with Crippen molar-refractivity contribution in [2.45, 2.75) is 41.3 Å². The molecule has 4 rings (SSSR count). The molecule has 1 unspecified atom stereocenters. The van der Waals surface area contributed by atoms with E-state index in [9.17, 15) is 10.1 Å². The topological polar surface area (TPSA) is 95.9 Å². The number of thiophene rings is 1. The molecule has 10 heteroatoms. The summed E-state index contributed by atoms with van der Waals surface area (Å²) in [6.07, 6.45) is 3.93. The number of allylic oxidation sites excluding steroid dienone is 3. The van der Waals surface area contributed by atoms with E-state index in [2.05, 4.69) is 29.3 Å². The van der Waals surface area contributed by atoms with Gasteiger partial charge < -0.3 is 5.73 Å². The Kier molecular flexibility index (Phi) is 6.01. The van der Waals surface area contributed by atoms with Crippen LogP contribution in [0.2, 0.25) is 0 Å². The zero-order valence-corrected chi connectivity index (χ0v) is 19.2. The van der Waals surface area contributed by atoms with Crippen LogP contribution in [0.3, 0.4) is 0 Å². The molecule has 3 heterocycles. The highest BCUT2D eigenvalue weighted by molar-refractivity contribution is 8.00. The van der Waals surface area contributed by atoms with Gasteiger partial charge in [-0.25, -0.2) is 0 Å². The van der Waals surface area contributed by atoms with Gasteiger partial charge in [0.2, 0.25) is 5.13 Å². The second-order valence-electron chi connectivity index (χ2n) is 6.45. The number of aromatic nitrogens is 2. The van der Waals surface area contributed by atoms with Crippen molar-refractivity contribution in [1.29, 1.82) is 5.26 Å². The lowest BCUT2D eigenvalue weighted by atomic mass is 9.78. The van der Waals surface area contributed by atoms with Crippen molar-refractivity contribution in [3.05, 3.63) is 39.0 Å². The molecule has 0 fully saturated rings. The lowest BCUT2D eigenvalue weighted by molar-refractivity contribution is -0.116. The van der Waals surface area contributed by atoms with Crippen LogP contribution in [0.4, 0.5) is 5.13 Å². The largest absolute Gasteiger partial charge is 0.384 e. The first-order valence-electron chi connectivity index (χ1n) is 9.14. The van der Waals surface area contributed by atoms with E-state index in [-0.39, 0.29) is 5.78 Å². The fourth-order valence-electron chi connectivity index (χ4n) is 3.74. The Hall–Kier alpha value is -1.80. The van der Waals surface area contributed by atoms with Crippen LogP contribution in [0.5, 0.6) is 0 Å². The highest BCUT2D eigenvalue weighted by Crippen LogP contribution is 2.50. The van der Waals surface area contributed by atoms with E-state index in [4.69, 9.17) is 5.73 Å². The van der Waals surface area contributed by atoms with Crippen LogP contribution in [-0.4, -0.2) is 28.0 Å². The van der Waals surface area contributed by atoms with Gasteiger partial charge in [-0.3, -0.25) is 9.69 Å². The number of nitriles is 1. The number of anilines is 1. The van der Waals surface area contributed by atoms with Crippen LogP contribution < -0.4 is 10.6 Å². The van der Waals surface area contributed by atoms with Crippen LogP contribution in [-0.2, 0) is 4.79 Å². The number of nitrogens with zero attached hydrogens (tertiary/aromatic N) is 4. The Labute approximate surface area is 185 Å². The van der Waals surface area contributed by atoms with Gasteiger partial charge >= 0.3 is 0 Å². The second kappa shape index (κ2) is 8.52. The number of Topliss-reactive ketones (excluding diaryl/α,β-unsaturated/α-hetero) is 1. The van der Waals surface area contributed by atoms with E-state index < -0.39 is 5.92 Å². The minimum Gasteiger partial charge on any atom is -0.384 e. The maximum Gasteiger partial charge on any atom is 0.219 e. The van der Waals surface area contributed by atoms with Gasteiger partial charge in [-0.05, 0) is 36.3 Å². The van der Waals surface area contributed by atoms with Crippen molar-refractivity contribution >= 4 is 57.1 Å². The first kappa shape index (κ1) is 20.5. The third-order valence-electron chi connectivity index (χ3n) is 4.89. The van der Waals surface area contributed by atoms with E-state index in [1.54, 1.807) is 28.0 Å². The van der Waals surface area contributed by atoms with Gasteiger partial charge in [0.25, 0.3) is 0 Å². The van der Waals surface area contributed by atoms with Crippen LogP contribution in [0.15, 0.2) is 43.3 Å². The Morgan fingerprint density at radius 2 is 2.24 bits per heavy atom. The van der Waals surface area contributed by atoms with Gasteiger partial charge in [0.1, 0.15) is 5.82 Å². The van der Waals surface area contributed by atoms with Gasteiger partial charge in [0.05, 0.1) is 17.6 Å². The molecular formula is C19H19N5OS4. The van der Waals surface area contributed by atoms with Gasteiger partial charge in [0, 0.05) is 27.5 Å². The highest BCUT2D eigenvalue weighted by Gasteiger charge is 2.42. The smallest absolute Gasteiger partial charge is 0.219 e. The second-order valence-corrected chi connectivity index (χ2v) is 10.7. The van der Waals surface area contributed by atoms with Crippen molar-refractivity contribution in [3.8, 4) is 6.07 Å². The van der Waals surface area contributed by atoms with Crippen LogP contribution >= 0.6 is 46.2 Å². The molecular weight excluding hydrogens is 443 g/mol. The molecule has 1 atom stereocenters. The van der Waals surface area contributed by atoms with Crippen molar-refractivity contribution < 1.29 is 4.79 Å². The third kappa shape index (κ3) is 3.50. The molecule has 0 spiro atoms. The summed E-state index contributed by atoms with van der Waals surface area (Å²) in [5.74, 6) is 0.972. The Bertz CT molecular complexity index is 1060. The van der Waals surface area contributed by atoms with E-state index in [1.807, 2.05) is 11.6 Å². The number of carbonyl (C=O) groups excluding carboxylic acids is 1. The molecule has 150 valence electrons. The number of hydrogen-bond acceptors (Lipinski definition) is 10. The molecule has 2 aromatic rings. The minimum atomic E-state index is -0.402. The molecule has 2 aromatic heterocycles. The minimum absolute atomic E-state index is 0.0944. The summed E-state index contributed by atoms with van der Waals surface area (Å²) in [7, 11) is 0. The molecule has 0 aromatic carbocycles. The molecule has 0 saturated heterocycles. The first-order valence-corrected chi connectivity index (χ1v) is 13.0. The monoisotopic (exact) mass is 461 g/mol. The molecule has 2 N–H and O–H groups in total. The Morgan fingerprint density at radius 3 is 2.93 bits per heavy atom. The number of nitrogens with two attached hydrogens (primary N) is 1. The summed E-state index contributed by atoms with van der Waals surface area (Å²) in [6.45, 7) is 2.10. The lowest BCUT2D eigenvalue weighted by Gasteiger charge is -2.37. The molecule has 0 saturated carbocycles. The van der Waals surface area contributed by atoms with Crippen LogP contribution in [0, 0.1) is 11.3 Å². The summed E-state index contributed by atoms with van der Waals surface area (Å²) >= 11 is 6.24. The van der Waals surface area contributed by atoms with Crippen molar-refractivity contribution in [2.24, 2.45) is 5.73 Å². The van der Waals surface area contributed by atoms with Gasteiger partial charge in [-0.1, -0.05) is 30.0 Å². The maximum absolute atomic E-state index is 13.1. The van der Waals surface area contributed by atoms with Crippen molar-refractivity contribution in [3.63, 3.8) is 0 Å². The molecule has 29 heavy (non-hydrogen) atoms. The third-order valence-corrected chi connectivity index (χ3v) is 8.84. The zero-order valence-electron chi connectivity index (χ0n) is 16.0. The lowest BCUT2D eigenvalue weighted by Crippen LogP contribution is -2.38. The van der Waals surface area contributed by atoms with E-state index in [0.717, 1.165) is 38.4 Å². The Balaban J connectivity index is 1.93. The quantitative estimate of drug-likeness (QED) is 0.638. The molecule has 1 aliphatic heterocycles. The normalized spacial score (nSPS) is 19.6. The number of thioether (sulfide) groups is 2. The zero-order chi connectivity index (χ0) is 20.5. The standard InChI is InChI=1S/C19H19N5OS4/c1-3-27-13-7-8-28-16(13)14-10(9-20)17(21)24(18-22-23-19(26-2)29-18)11-5-4-6-12(25)15(11)14/h7-8,14H,3-6,21H2,1-2H3. The average molecular weight is 462 g/mol. The predicted octanol–water partition coefficient (Wildman–Crippen LogP) is 4.74. The number of hydrogen-bond donors (Lipinski definition) is 1. The van der Waals surface area contributed by atoms with E-state index >= 15 is 0 Å². The molecule has 1 aliphatic carbocycles. The molecule has 2 aliphatic rings. The van der Waals surface area contributed by atoms with Gasteiger partial charge in [-0.2, -0.15) is 5.26 Å². The SMILES string of the molecule is CCSc1ccsc1C1C(C#N)=C(N)N(c2nnc(SC)s2)C2=C1C(=O)CCC2. The number of rotatable bonds is 5. The van der Waals surface area contributed by atoms with Crippen LogP contribution in [0.25, 0.3) is 0 Å². The first-order chi connectivity index (χ1) is 14.1. The summed E-state index contributed by atoms with van der Waals surface area (Å²) in [5, 5.41) is 21.1. The maximum atomic E-state index is 13.1. The van der Waals surface area contributed by atoms with E-state index in [0.29, 0.717) is 28.5 Å². The molecule has 0 amide bonds. The fourth-order valence-corrected chi connectivity index (χ4v) is 7.08. The van der Waals surface area contributed by atoms with Crippen molar-refractivity contribution in [1.82, 2.24) is 10.2 Å². The van der Waals surface area contributed by atoms with Crippen LogP contribution in [0.1, 0.15) is 37.0 Å². The number of ketones is 1. The van der Waals surface area contributed by atoms with Gasteiger partial charge in [-0.15, -0.1) is 33.3 Å².